The van der Waals surface area contributed by atoms with Crippen LogP contribution in [0.5, 0.6) is 0 Å². The number of nitrogens with one attached hydrogen (secondary N) is 1. The molecule has 0 aliphatic carbocycles. The fraction of sp³-hybridized carbons (Fsp3) is 0.636. The van der Waals surface area contributed by atoms with Gasteiger partial charge in [-0.2, -0.15) is 18.3 Å². The molecule has 1 rings (SSSR count). The van der Waals surface area contributed by atoms with Gasteiger partial charge in [0.2, 0.25) is 0 Å². The van der Waals surface area contributed by atoms with Crippen molar-refractivity contribution in [3.05, 3.63) is 11.9 Å². The summed E-state index contributed by atoms with van der Waals surface area (Å²) >= 11 is 0. The highest BCUT2D eigenvalue weighted by Gasteiger charge is 2.25. The van der Waals surface area contributed by atoms with Crippen LogP contribution >= 0.6 is 0 Å². The third-order valence-electron chi connectivity index (χ3n) is 2.55. The summed E-state index contributed by atoms with van der Waals surface area (Å²) in [6.45, 7) is 2.49. The van der Waals surface area contributed by atoms with Gasteiger partial charge in [-0.3, -0.25) is 9.48 Å². The van der Waals surface area contributed by atoms with Gasteiger partial charge in [-0.05, 0) is 19.8 Å². The zero-order valence-corrected chi connectivity index (χ0v) is 10.6. The van der Waals surface area contributed by atoms with Gasteiger partial charge in [-0.25, -0.2) is 0 Å². The lowest BCUT2D eigenvalue weighted by molar-refractivity contribution is -0.135. The Morgan fingerprint density at radius 2 is 2.16 bits per heavy atom. The molecule has 108 valence electrons. The largest absolute Gasteiger partial charge is 0.396 e. The Hall–Kier alpha value is -1.73. The van der Waals surface area contributed by atoms with E-state index >= 15 is 0 Å². The summed E-state index contributed by atoms with van der Waals surface area (Å²) in [6, 6.07) is 0. The van der Waals surface area contributed by atoms with Crippen molar-refractivity contribution in [3.8, 4) is 0 Å². The van der Waals surface area contributed by atoms with Gasteiger partial charge in [-0.1, -0.05) is 0 Å². The van der Waals surface area contributed by atoms with Gasteiger partial charge in [0.15, 0.2) is 0 Å². The highest BCUT2D eigenvalue weighted by molar-refractivity contribution is 5.97. The first-order valence-corrected chi connectivity index (χ1v) is 6.01. The predicted molar refractivity (Wildman–Crippen MR) is 64.6 cm³/mol. The third-order valence-corrected chi connectivity index (χ3v) is 2.55. The smallest absolute Gasteiger partial charge is 0.389 e. The maximum absolute atomic E-state index is 11.9. The molecule has 0 fully saturated rings. The molecule has 0 aliphatic heterocycles. The molecule has 1 aromatic heterocycles. The van der Waals surface area contributed by atoms with E-state index in [9.17, 15) is 18.0 Å². The summed E-state index contributed by atoms with van der Waals surface area (Å²) in [5.41, 5.74) is 6.12. The van der Waals surface area contributed by atoms with Crippen molar-refractivity contribution in [2.75, 3.05) is 12.3 Å². The van der Waals surface area contributed by atoms with Crippen LogP contribution in [0.1, 0.15) is 36.7 Å². The zero-order valence-electron chi connectivity index (χ0n) is 10.6. The maximum Gasteiger partial charge on any atom is 0.389 e. The van der Waals surface area contributed by atoms with E-state index < -0.39 is 18.5 Å². The lowest BCUT2D eigenvalue weighted by Crippen LogP contribution is -2.28. The Morgan fingerprint density at radius 3 is 2.74 bits per heavy atom. The monoisotopic (exact) mass is 278 g/mol. The number of nitrogens with two attached hydrogens (primary N) is 1. The second kappa shape index (κ2) is 6.44. The van der Waals surface area contributed by atoms with Crippen LogP contribution < -0.4 is 11.1 Å². The fourth-order valence-electron chi connectivity index (χ4n) is 1.62. The molecule has 19 heavy (non-hydrogen) atoms. The number of carbonyl (C=O) groups is 1. The number of nitrogen functional groups attached to an aromatic ring is 1. The van der Waals surface area contributed by atoms with E-state index in [0.29, 0.717) is 6.54 Å². The molecular weight excluding hydrogens is 261 g/mol. The van der Waals surface area contributed by atoms with Gasteiger partial charge in [-0.15, -0.1) is 0 Å². The van der Waals surface area contributed by atoms with E-state index in [2.05, 4.69) is 10.4 Å². The minimum absolute atomic E-state index is 0.00764. The van der Waals surface area contributed by atoms with Crippen molar-refractivity contribution in [3.63, 3.8) is 0 Å². The average Bonchev–Trinajstić information content (AvgIpc) is 2.68. The Kier molecular flexibility index (Phi) is 5.20. The lowest BCUT2D eigenvalue weighted by Gasteiger charge is -2.08. The van der Waals surface area contributed by atoms with Gasteiger partial charge in [0.25, 0.3) is 5.91 Å². The number of amides is 1. The van der Waals surface area contributed by atoms with Gasteiger partial charge < -0.3 is 11.1 Å². The van der Waals surface area contributed by atoms with Crippen LogP contribution in [0.3, 0.4) is 0 Å². The second-order valence-electron chi connectivity index (χ2n) is 4.09. The molecule has 0 saturated carbocycles. The average molecular weight is 278 g/mol. The summed E-state index contributed by atoms with van der Waals surface area (Å²) in [6.07, 6.45) is -3.34. The van der Waals surface area contributed by atoms with Crippen molar-refractivity contribution in [1.29, 1.82) is 0 Å². The van der Waals surface area contributed by atoms with Gasteiger partial charge >= 0.3 is 6.18 Å². The molecule has 0 atom stereocenters. The van der Waals surface area contributed by atoms with Gasteiger partial charge in [0.1, 0.15) is 5.69 Å². The van der Waals surface area contributed by atoms with Crippen LogP contribution in [0.15, 0.2) is 6.20 Å². The van der Waals surface area contributed by atoms with Crippen LogP contribution in [0.25, 0.3) is 0 Å². The Balaban J connectivity index is 2.37. The number of aromatic nitrogens is 2. The van der Waals surface area contributed by atoms with E-state index in [0.717, 1.165) is 0 Å². The molecule has 1 aromatic rings. The number of carbonyl (C=O) groups excluding carboxylic acids is 1. The van der Waals surface area contributed by atoms with E-state index in [1.165, 1.54) is 10.9 Å². The topological polar surface area (TPSA) is 72.9 Å². The number of halogens is 3. The van der Waals surface area contributed by atoms with Crippen molar-refractivity contribution >= 4 is 11.6 Å². The molecule has 0 saturated heterocycles. The molecule has 0 aliphatic rings. The quantitative estimate of drug-likeness (QED) is 0.781. The number of nitrogens with zero attached hydrogens (tertiary/aromatic N) is 2. The standard InChI is InChI=1S/C11H17F3N4O/c1-2-18-9(8(15)7-17-18)10(19)16-6-4-3-5-11(12,13)14/h7H,2-6,15H2,1H3,(H,16,19). The number of aryl methyl sites for hydroxylation is 1. The first kappa shape index (κ1) is 15.3. The third kappa shape index (κ3) is 4.80. The molecule has 0 bridgehead atoms. The molecule has 1 heterocycles. The summed E-state index contributed by atoms with van der Waals surface area (Å²) in [5, 5.41) is 6.45. The zero-order chi connectivity index (χ0) is 14.5. The van der Waals surface area contributed by atoms with Gasteiger partial charge in [0, 0.05) is 19.5 Å². The number of unbranched alkanes of at least 4 members (excludes halogenated alkanes) is 1. The Bertz CT molecular complexity index is 428. The van der Waals surface area contributed by atoms with Crippen molar-refractivity contribution in [1.82, 2.24) is 15.1 Å². The first-order valence-electron chi connectivity index (χ1n) is 6.01. The van der Waals surface area contributed by atoms with Crippen LogP contribution in [0.4, 0.5) is 18.9 Å². The molecule has 0 aromatic carbocycles. The lowest BCUT2D eigenvalue weighted by atomic mass is 10.2. The van der Waals surface area contributed by atoms with Crippen LogP contribution in [0, 0.1) is 0 Å². The Labute approximate surface area is 109 Å². The van der Waals surface area contributed by atoms with E-state index in [1.807, 2.05) is 6.92 Å². The number of hydrogen-bond acceptors (Lipinski definition) is 3. The molecule has 0 radical (unpaired) electrons. The summed E-state index contributed by atoms with van der Waals surface area (Å²) < 4.78 is 37.1. The van der Waals surface area contributed by atoms with Crippen molar-refractivity contribution < 1.29 is 18.0 Å². The number of hydrogen-bond donors (Lipinski definition) is 2. The SMILES string of the molecule is CCn1ncc(N)c1C(=O)NCCCCC(F)(F)F. The molecule has 3 N–H and O–H groups in total. The van der Waals surface area contributed by atoms with Crippen LogP contribution in [0.2, 0.25) is 0 Å². The van der Waals surface area contributed by atoms with Crippen LogP contribution in [-0.2, 0) is 6.54 Å². The second-order valence-corrected chi connectivity index (χ2v) is 4.09. The van der Waals surface area contributed by atoms with Crippen molar-refractivity contribution in [2.24, 2.45) is 0 Å². The summed E-state index contributed by atoms with van der Waals surface area (Å²) in [5.74, 6) is -0.413. The van der Waals surface area contributed by atoms with Crippen LogP contribution in [-0.4, -0.2) is 28.4 Å². The molecule has 5 nitrogen and oxygen atoms in total. The first-order chi connectivity index (χ1) is 8.85. The highest BCUT2D eigenvalue weighted by atomic mass is 19.4. The van der Waals surface area contributed by atoms with Gasteiger partial charge in [0.05, 0.1) is 11.9 Å². The fourth-order valence-corrected chi connectivity index (χ4v) is 1.62. The number of rotatable bonds is 6. The molecule has 8 heteroatoms. The molecule has 0 spiro atoms. The highest BCUT2D eigenvalue weighted by Crippen LogP contribution is 2.21. The van der Waals surface area contributed by atoms with E-state index in [4.69, 9.17) is 5.73 Å². The van der Waals surface area contributed by atoms with E-state index in [1.54, 1.807) is 0 Å². The summed E-state index contributed by atoms with van der Waals surface area (Å²) in [7, 11) is 0. The number of alkyl halides is 3. The molecule has 1 amide bonds. The Morgan fingerprint density at radius 1 is 1.47 bits per heavy atom. The number of anilines is 1. The normalized spacial score (nSPS) is 11.6. The van der Waals surface area contributed by atoms with E-state index in [-0.39, 0.29) is 30.8 Å². The molecular formula is C11H17F3N4O. The minimum Gasteiger partial charge on any atom is -0.396 e. The minimum atomic E-state index is -4.14. The predicted octanol–water partition coefficient (Wildman–Crippen LogP) is 1.95. The maximum atomic E-state index is 11.9. The summed E-state index contributed by atoms with van der Waals surface area (Å²) in [4.78, 5) is 11.8. The molecule has 0 unspecified atom stereocenters. The van der Waals surface area contributed by atoms with Crippen molar-refractivity contribution in [2.45, 2.75) is 38.9 Å².